The maximum Gasteiger partial charge on any atom is 0.0565 e. The smallest absolute Gasteiger partial charge is 0.0565 e. The predicted molar refractivity (Wildman–Crippen MR) is 196 cm³/mol. The standard InChI is InChI=1S/C42H52N2S/c1-40(2,3)31-23-25-32(26-24-31)45-39-29(21-27-37-41(4,5)33-17-10-12-19-35(33)43(37)8)15-14-16-30(39)22-28-38-42(6,7)34-18-11-13-20-36(34)44(38)9/h10,12-13,17,19-28,37H,11,14-16,18H2,1-9H3. The Hall–Kier alpha value is -3.17. The molecule has 0 radical (unpaired) electrons. The molecule has 0 saturated carbocycles. The Morgan fingerprint density at radius 2 is 1.62 bits per heavy atom. The third-order valence-corrected chi connectivity index (χ3v) is 12.0. The van der Waals surface area contributed by atoms with E-state index < -0.39 is 0 Å². The Kier molecular flexibility index (Phi) is 8.40. The van der Waals surface area contributed by atoms with Crippen LogP contribution < -0.4 is 4.90 Å². The first kappa shape index (κ1) is 31.8. The summed E-state index contributed by atoms with van der Waals surface area (Å²) in [5.74, 6) is 0. The highest BCUT2D eigenvalue weighted by atomic mass is 32.2. The predicted octanol–water partition coefficient (Wildman–Crippen LogP) is 11.3. The monoisotopic (exact) mass is 616 g/mol. The minimum atomic E-state index is 0.0510. The maximum atomic E-state index is 2.48. The Balaban J connectivity index is 1.38. The number of hydrogen-bond donors (Lipinski definition) is 0. The van der Waals surface area contributed by atoms with Crippen molar-refractivity contribution in [1.82, 2.24) is 4.90 Å². The Labute approximate surface area is 277 Å². The lowest BCUT2D eigenvalue weighted by molar-refractivity contribution is 0.440. The summed E-state index contributed by atoms with van der Waals surface area (Å²) in [7, 11) is 4.50. The molecule has 2 aromatic carbocycles. The molecule has 0 saturated heterocycles. The second kappa shape index (κ2) is 11.9. The van der Waals surface area contributed by atoms with Gasteiger partial charge in [-0.3, -0.25) is 0 Å². The van der Waals surface area contributed by atoms with Gasteiger partial charge < -0.3 is 9.80 Å². The summed E-state index contributed by atoms with van der Waals surface area (Å²) in [5, 5.41) is 0. The van der Waals surface area contributed by atoms with Crippen molar-refractivity contribution in [2.75, 3.05) is 19.0 Å². The van der Waals surface area contributed by atoms with Crippen molar-refractivity contribution < 1.29 is 0 Å². The molecule has 0 amide bonds. The molecule has 2 aromatic rings. The van der Waals surface area contributed by atoms with E-state index in [2.05, 4.69) is 157 Å². The summed E-state index contributed by atoms with van der Waals surface area (Å²) in [5.41, 5.74) is 11.7. The van der Waals surface area contributed by atoms with Crippen molar-refractivity contribution in [3.8, 4) is 0 Å². The maximum absolute atomic E-state index is 2.48. The number of hydrogen-bond acceptors (Lipinski definition) is 3. The number of para-hydroxylation sites is 1. The molecule has 0 aromatic heterocycles. The minimum absolute atomic E-state index is 0.0510. The zero-order valence-electron chi connectivity index (χ0n) is 29.0. The number of thioether (sulfide) groups is 1. The molecule has 4 aliphatic rings. The van der Waals surface area contributed by atoms with Crippen molar-refractivity contribution in [3.05, 3.63) is 129 Å². The van der Waals surface area contributed by atoms with Crippen LogP contribution in [0.15, 0.2) is 123 Å². The van der Waals surface area contributed by atoms with E-state index in [1.807, 2.05) is 11.8 Å². The summed E-state index contributed by atoms with van der Waals surface area (Å²) < 4.78 is 0. The van der Waals surface area contributed by atoms with E-state index in [0.29, 0.717) is 6.04 Å². The summed E-state index contributed by atoms with van der Waals surface area (Å²) in [6.45, 7) is 16.5. The lowest BCUT2D eigenvalue weighted by Gasteiger charge is -2.30. The number of rotatable bonds is 5. The summed E-state index contributed by atoms with van der Waals surface area (Å²) in [6.07, 6.45) is 20.2. The van der Waals surface area contributed by atoms with Crippen molar-refractivity contribution in [2.45, 2.75) is 102 Å². The van der Waals surface area contributed by atoms with Gasteiger partial charge in [-0.25, -0.2) is 0 Å². The Morgan fingerprint density at radius 1 is 0.889 bits per heavy atom. The molecule has 0 bridgehead atoms. The number of nitrogens with zero attached hydrogens (tertiary/aromatic N) is 2. The van der Waals surface area contributed by atoms with Gasteiger partial charge in [0.2, 0.25) is 0 Å². The number of allylic oxidation sites excluding steroid dienone is 8. The van der Waals surface area contributed by atoms with E-state index in [0.717, 1.165) is 25.7 Å². The van der Waals surface area contributed by atoms with E-state index in [9.17, 15) is 0 Å². The quantitative estimate of drug-likeness (QED) is 0.330. The van der Waals surface area contributed by atoms with Gasteiger partial charge in [0, 0.05) is 51.8 Å². The molecular weight excluding hydrogens is 565 g/mol. The van der Waals surface area contributed by atoms with Crippen LogP contribution >= 0.6 is 11.8 Å². The summed E-state index contributed by atoms with van der Waals surface area (Å²) >= 11 is 1.96. The SMILES string of the molecule is CN1C(=CC=C2CCCC(C=CC3N(C)c4ccccc4C3(C)C)=C2Sc2ccc(C(C)(C)C)cc2)C(C)(C)C2=C1C=CCC2. The van der Waals surface area contributed by atoms with Crippen LogP contribution in [0, 0.1) is 5.41 Å². The molecule has 2 heterocycles. The van der Waals surface area contributed by atoms with Gasteiger partial charge in [0.25, 0.3) is 0 Å². The lowest BCUT2D eigenvalue weighted by atomic mass is 9.79. The summed E-state index contributed by atoms with van der Waals surface area (Å²) in [4.78, 5) is 7.65. The molecule has 0 fully saturated rings. The molecular formula is C42H52N2S. The van der Waals surface area contributed by atoms with E-state index in [-0.39, 0.29) is 16.2 Å². The average Bonchev–Trinajstić information content (AvgIpc) is 3.33. The van der Waals surface area contributed by atoms with E-state index in [1.54, 1.807) is 5.57 Å². The zero-order valence-corrected chi connectivity index (χ0v) is 29.8. The van der Waals surface area contributed by atoms with Crippen LogP contribution in [-0.2, 0) is 10.8 Å². The first-order chi connectivity index (χ1) is 21.3. The number of likely N-dealkylation sites (N-methyl/N-ethyl adjacent to an activating group) is 2. The highest BCUT2D eigenvalue weighted by Gasteiger charge is 2.42. The lowest BCUT2D eigenvalue weighted by Crippen LogP contribution is -2.37. The first-order valence-electron chi connectivity index (χ1n) is 16.9. The molecule has 2 aliphatic carbocycles. The Bertz CT molecular complexity index is 1650. The van der Waals surface area contributed by atoms with Crippen molar-refractivity contribution in [2.24, 2.45) is 5.41 Å². The molecule has 0 spiro atoms. The third kappa shape index (κ3) is 5.82. The third-order valence-electron chi connectivity index (χ3n) is 10.7. The number of anilines is 1. The summed E-state index contributed by atoms with van der Waals surface area (Å²) in [6, 6.07) is 18.5. The molecule has 3 heteroatoms. The molecule has 0 N–H and O–H groups in total. The van der Waals surface area contributed by atoms with Crippen molar-refractivity contribution in [3.63, 3.8) is 0 Å². The molecule has 236 valence electrons. The van der Waals surface area contributed by atoms with Crippen LogP contribution in [0.25, 0.3) is 0 Å². The van der Waals surface area contributed by atoms with Crippen LogP contribution in [0.2, 0.25) is 0 Å². The molecule has 1 unspecified atom stereocenters. The van der Waals surface area contributed by atoms with Crippen molar-refractivity contribution >= 4 is 17.4 Å². The fraction of sp³-hybridized carbons (Fsp3) is 0.429. The van der Waals surface area contributed by atoms with Gasteiger partial charge in [0.1, 0.15) is 0 Å². The number of benzene rings is 2. The average molecular weight is 617 g/mol. The van der Waals surface area contributed by atoms with Crippen LogP contribution in [0.4, 0.5) is 5.69 Å². The van der Waals surface area contributed by atoms with E-state index >= 15 is 0 Å². The van der Waals surface area contributed by atoms with Crippen LogP contribution in [0.1, 0.15) is 91.7 Å². The topological polar surface area (TPSA) is 6.48 Å². The van der Waals surface area contributed by atoms with E-state index in [1.165, 1.54) is 55.6 Å². The molecule has 1 atom stereocenters. The molecule has 2 aliphatic heterocycles. The largest absolute Gasteiger partial charge is 0.367 e. The van der Waals surface area contributed by atoms with Gasteiger partial charge in [0.15, 0.2) is 0 Å². The highest BCUT2D eigenvalue weighted by molar-refractivity contribution is 8.03. The van der Waals surface area contributed by atoms with Gasteiger partial charge in [0.05, 0.1) is 6.04 Å². The van der Waals surface area contributed by atoms with Crippen LogP contribution in [-0.4, -0.2) is 25.0 Å². The van der Waals surface area contributed by atoms with Crippen molar-refractivity contribution in [1.29, 1.82) is 0 Å². The van der Waals surface area contributed by atoms with Gasteiger partial charge >= 0.3 is 0 Å². The van der Waals surface area contributed by atoms with Gasteiger partial charge in [-0.05, 0) is 95.7 Å². The molecule has 2 nitrogen and oxygen atoms in total. The molecule has 45 heavy (non-hydrogen) atoms. The minimum Gasteiger partial charge on any atom is -0.367 e. The fourth-order valence-corrected chi connectivity index (χ4v) is 9.10. The van der Waals surface area contributed by atoms with Gasteiger partial charge in [-0.2, -0.15) is 0 Å². The fourth-order valence-electron chi connectivity index (χ4n) is 7.99. The first-order valence-corrected chi connectivity index (χ1v) is 17.7. The molecule has 6 rings (SSSR count). The zero-order chi connectivity index (χ0) is 32.1. The number of fused-ring (bicyclic) bond motifs is 1. The Morgan fingerprint density at radius 3 is 2.31 bits per heavy atom. The van der Waals surface area contributed by atoms with Crippen LogP contribution in [0.5, 0.6) is 0 Å². The van der Waals surface area contributed by atoms with Gasteiger partial charge in [-0.1, -0.05) is 115 Å². The highest BCUT2D eigenvalue weighted by Crippen LogP contribution is 2.50. The van der Waals surface area contributed by atoms with Gasteiger partial charge in [-0.15, -0.1) is 0 Å². The van der Waals surface area contributed by atoms with Crippen LogP contribution in [0.3, 0.4) is 0 Å². The second-order valence-corrected chi connectivity index (χ2v) is 16.6. The van der Waals surface area contributed by atoms with E-state index in [4.69, 9.17) is 0 Å². The second-order valence-electron chi connectivity index (χ2n) is 15.5. The normalized spacial score (nSPS) is 24.4.